The van der Waals surface area contributed by atoms with Crippen molar-refractivity contribution in [3.63, 3.8) is 0 Å². The molecule has 11 heavy (non-hydrogen) atoms. The van der Waals surface area contributed by atoms with Gasteiger partial charge < -0.3 is 10.7 Å². The number of nitrogens with two attached hydrogens (primary N) is 1. The summed E-state index contributed by atoms with van der Waals surface area (Å²) in [6.07, 6.45) is 4.25. The van der Waals surface area contributed by atoms with Crippen molar-refractivity contribution in [2.75, 3.05) is 5.73 Å². The van der Waals surface area contributed by atoms with E-state index < -0.39 is 0 Å². The Balaban J connectivity index is 2.47. The van der Waals surface area contributed by atoms with Crippen molar-refractivity contribution in [1.82, 2.24) is 4.98 Å². The summed E-state index contributed by atoms with van der Waals surface area (Å²) >= 11 is 0. The molecule has 0 aromatic carbocycles. The first-order chi connectivity index (χ1) is 5.33. The maximum absolute atomic E-state index is 8.71. The molecule has 1 heterocycles. The molecule has 1 aliphatic rings. The van der Waals surface area contributed by atoms with Gasteiger partial charge in [0.2, 0.25) is 0 Å². The Morgan fingerprint density at radius 2 is 2.36 bits per heavy atom. The predicted molar refractivity (Wildman–Crippen MR) is 41.9 cm³/mol. The van der Waals surface area contributed by atoms with Crippen LogP contribution in [0.15, 0.2) is 6.20 Å². The van der Waals surface area contributed by atoms with E-state index in [4.69, 9.17) is 11.0 Å². The minimum absolute atomic E-state index is 0.509. The first kappa shape index (κ1) is 6.29. The van der Waals surface area contributed by atoms with E-state index in [0.29, 0.717) is 17.3 Å². The van der Waals surface area contributed by atoms with E-state index >= 15 is 0 Å². The van der Waals surface area contributed by atoms with Gasteiger partial charge in [0.1, 0.15) is 11.9 Å². The van der Waals surface area contributed by atoms with Crippen LogP contribution in [0.2, 0.25) is 0 Å². The lowest BCUT2D eigenvalue weighted by atomic mass is 10.1. The van der Waals surface area contributed by atoms with Crippen molar-refractivity contribution in [2.24, 2.45) is 0 Å². The quantitative estimate of drug-likeness (QED) is 0.629. The molecular formula is C8H9N3. The topological polar surface area (TPSA) is 65.6 Å². The van der Waals surface area contributed by atoms with Gasteiger partial charge in [0.15, 0.2) is 0 Å². The molecule has 2 rings (SSSR count). The Bertz CT molecular complexity index is 315. The SMILES string of the molecule is N#Cc1c(C2CC2)c[nH]c1N. The second-order valence-corrected chi connectivity index (χ2v) is 2.92. The van der Waals surface area contributed by atoms with Gasteiger partial charge in [0.25, 0.3) is 0 Å². The Kier molecular flexibility index (Phi) is 1.16. The number of nitrogen functional groups attached to an aromatic ring is 1. The van der Waals surface area contributed by atoms with Gasteiger partial charge in [0.05, 0.1) is 5.56 Å². The summed E-state index contributed by atoms with van der Waals surface area (Å²) in [5.41, 5.74) is 7.29. The number of hydrogen-bond acceptors (Lipinski definition) is 2. The molecule has 1 aromatic rings. The molecule has 0 aliphatic heterocycles. The van der Waals surface area contributed by atoms with Crippen molar-refractivity contribution in [1.29, 1.82) is 5.26 Å². The van der Waals surface area contributed by atoms with Crippen molar-refractivity contribution >= 4 is 5.82 Å². The molecule has 0 saturated heterocycles. The van der Waals surface area contributed by atoms with Crippen LogP contribution in [0.25, 0.3) is 0 Å². The maximum Gasteiger partial charge on any atom is 0.119 e. The minimum Gasteiger partial charge on any atom is -0.384 e. The molecular weight excluding hydrogens is 138 g/mol. The highest BCUT2D eigenvalue weighted by Gasteiger charge is 2.27. The third kappa shape index (κ3) is 0.874. The van der Waals surface area contributed by atoms with Crippen LogP contribution in [0, 0.1) is 11.3 Å². The molecule has 0 spiro atoms. The minimum atomic E-state index is 0.509. The summed E-state index contributed by atoms with van der Waals surface area (Å²) in [7, 11) is 0. The van der Waals surface area contributed by atoms with Crippen molar-refractivity contribution < 1.29 is 0 Å². The first-order valence-corrected chi connectivity index (χ1v) is 3.69. The molecule has 3 nitrogen and oxygen atoms in total. The van der Waals surface area contributed by atoms with E-state index in [1.54, 1.807) is 0 Å². The molecule has 0 bridgehead atoms. The summed E-state index contributed by atoms with van der Waals surface area (Å²) in [6, 6.07) is 2.11. The van der Waals surface area contributed by atoms with Gasteiger partial charge in [0, 0.05) is 6.20 Å². The highest BCUT2D eigenvalue weighted by molar-refractivity contribution is 5.55. The fourth-order valence-corrected chi connectivity index (χ4v) is 1.30. The summed E-state index contributed by atoms with van der Waals surface area (Å²) in [6.45, 7) is 0. The van der Waals surface area contributed by atoms with Crippen LogP contribution in [0.4, 0.5) is 5.82 Å². The number of hydrogen-bond donors (Lipinski definition) is 2. The molecule has 0 atom stereocenters. The Labute approximate surface area is 64.8 Å². The zero-order valence-corrected chi connectivity index (χ0v) is 6.09. The standard InChI is InChI=1S/C8H9N3/c9-3-6-7(5-1-2-5)4-11-8(6)10/h4-5,11H,1-2,10H2. The molecule has 0 amide bonds. The van der Waals surface area contributed by atoms with E-state index in [1.807, 2.05) is 6.20 Å². The molecule has 0 radical (unpaired) electrons. The highest BCUT2D eigenvalue weighted by Crippen LogP contribution is 2.42. The van der Waals surface area contributed by atoms with Gasteiger partial charge in [-0.05, 0) is 24.3 Å². The Hall–Kier alpha value is -1.43. The van der Waals surface area contributed by atoms with E-state index in [2.05, 4.69) is 11.1 Å². The second kappa shape index (κ2) is 2.03. The third-order valence-corrected chi connectivity index (χ3v) is 2.07. The van der Waals surface area contributed by atoms with Crippen LogP contribution in [0.5, 0.6) is 0 Å². The molecule has 56 valence electrons. The van der Waals surface area contributed by atoms with Gasteiger partial charge in [-0.1, -0.05) is 0 Å². The summed E-state index contributed by atoms with van der Waals surface area (Å²) in [5, 5.41) is 8.71. The van der Waals surface area contributed by atoms with E-state index in [9.17, 15) is 0 Å². The van der Waals surface area contributed by atoms with Crippen LogP contribution in [0.1, 0.15) is 29.9 Å². The van der Waals surface area contributed by atoms with Crippen molar-refractivity contribution in [3.8, 4) is 6.07 Å². The first-order valence-electron chi connectivity index (χ1n) is 3.69. The molecule has 1 aliphatic carbocycles. The van der Waals surface area contributed by atoms with Gasteiger partial charge in [-0.2, -0.15) is 5.26 Å². The predicted octanol–water partition coefficient (Wildman–Crippen LogP) is 1.35. The highest BCUT2D eigenvalue weighted by atomic mass is 14.8. The van der Waals surface area contributed by atoms with Crippen molar-refractivity contribution in [2.45, 2.75) is 18.8 Å². The Morgan fingerprint density at radius 1 is 1.64 bits per heavy atom. The maximum atomic E-state index is 8.71. The number of nitrogens with one attached hydrogen (secondary N) is 1. The number of aromatic amines is 1. The van der Waals surface area contributed by atoms with E-state index in [0.717, 1.165) is 5.56 Å². The van der Waals surface area contributed by atoms with Crippen molar-refractivity contribution in [3.05, 3.63) is 17.3 Å². The molecule has 3 N–H and O–H groups in total. The van der Waals surface area contributed by atoms with Crippen LogP contribution in [0.3, 0.4) is 0 Å². The lowest BCUT2D eigenvalue weighted by molar-refractivity contribution is 1.13. The lowest BCUT2D eigenvalue weighted by Crippen LogP contribution is -1.88. The number of nitriles is 1. The summed E-state index contributed by atoms with van der Waals surface area (Å²) < 4.78 is 0. The smallest absolute Gasteiger partial charge is 0.119 e. The van der Waals surface area contributed by atoms with E-state index in [-0.39, 0.29) is 0 Å². The zero-order chi connectivity index (χ0) is 7.84. The summed E-state index contributed by atoms with van der Waals surface area (Å²) in [4.78, 5) is 2.86. The molecule has 1 saturated carbocycles. The Morgan fingerprint density at radius 3 is 2.91 bits per heavy atom. The van der Waals surface area contributed by atoms with Gasteiger partial charge in [-0.25, -0.2) is 0 Å². The largest absolute Gasteiger partial charge is 0.384 e. The number of aromatic nitrogens is 1. The lowest BCUT2D eigenvalue weighted by Gasteiger charge is -1.90. The summed E-state index contributed by atoms with van der Waals surface area (Å²) in [5.74, 6) is 1.10. The third-order valence-electron chi connectivity index (χ3n) is 2.07. The fraction of sp³-hybridized carbons (Fsp3) is 0.375. The van der Waals surface area contributed by atoms with Crippen LogP contribution in [-0.4, -0.2) is 4.98 Å². The normalized spacial score (nSPS) is 16.3. The number of rotatable bonds is 1. The van der Waals surface area contributed by atoms with Gasteiger partial charge in [-0.3, -0.25) is 0 Å². The van der Waals surface area contributed by atoms with Crippen LogP contribution < -0.4 is 5.73 Å². The van der Waals surface area contributed by atoms with Gasteiger partial charge >= 0.3 is 0 Å². The monoisotopic (exact) mass is 147 g/mol. The number of nitrogens with zero attached hydrogens (tertiary/aromatic N) is 1. The van der Waals surface area contributed by atoms with E-state index in [1.165, 1.54) is 12.8 Å². The molecule has 0 unspecified atom stereocenters. The van der Waals surface area contributed by atoms with Gasteiger partial charge in [-0.15, -0.1) is 0 Å². The average Bonchev–Trinajstić information content (AvgIpc) is 2.76. The molecule has 1 fully saturated rings. The average molecular weight is 147 g/mol. The number of H-pyrrole nitrogens is 1. The zero-order valence-electron chi connectivity index (χ0n) is 6.09. The number of anilines is 1. The second-order valence-electron chi connectivity index (χ2n) is 2.92. The molecule has 1 aromatic heterocycles. The van der Waals surface area contributed by atoms with Crippen LogP contribution >= 0.6 is 0 Å². The fourth-order valence-electron chi connectivity index (χ4n) is 1.30. The molecule has 3 heteroatoms. The van der Waals surface area contributed by atoms with Crippen LogP contribution in [-0.2, 0) is 0 Å².